The Bertz CT molecular complexity index is 351. The molecule has 2 aliphatic rings. The number of imide groups is 1. The van der Waals surface area contributed by atoms with Gasteiger partial charge in [-0.05, 0) is 13.8 Å². The topological polar surface area (TPSA) is 64.7 Å². The van der Waals surface area contributed by atoms with Gasteiger partial charge in [-0.15, -0.1) is 0 Å². The molecule has 6 nitrogen and oxygen atoms in total. The number of carbonyl (C=O) groups excluding carboxylic acids is 2. The predicted molar refractivity (Wildman–Crippen MR) is 58.2 cm³/mol. The molecule has 0 unspecified atom stereocenters. The molecule has 0 saturated carbocycles. The first-order chi connectivity index (χ1) is 7.50. The molecule has 0 aromatic heterocycles. The van der Waals surface area contributed by atoms with Gasteiger partial charge in [0, 0.05) is 25.5 Å². The Hall–Kier alpha value is -1.72. The third-order valence-electron chi connectivity index (χ3n) is 2.75. The van der Waals surface area contributed by atoms with Gasteiger partial charge in [0.1, 0.15) is 5.54 Å². The molecule has 0 radical (unpaired) electrons. The zero-order valence-corrected chi connectivity index (χ0v) is 9.49. The van der Waals surface area contributed by atoms with E-state index in [0.717, 1.165) is 6.67 Å². The van der Waals surface area contributed by atoms with Crippen molar-refractivity contribution in [2.75, 3.05) is 19.8 Å². The van der Waals surface area contributed by atoms with E-state index in [9.17, 15) is 9.59 Å². The molecular formula is C10H16N4O2. The van der Waals surface area contributed by atoms with Crippen LogP contribution in [0.3, 0.4) is 0 Å². The summed E-state index contributed by atoms with van der Waals surface area (Å²) in [5.41, 5.74) is -0.768. The lowest BCUT2D eigenvalue weighted by Gasteiger charge is -2.19. The minimum absolute atomic E-state index is 0.159. The molecule has 0 aromatic rings. The maximum absolute atomic E-state index is 11.8. The molecule has 2 heterocycles. The molecule has 0 aliphatic carbocycles. The summed E-state index contributed by atoms with van der Waals surface area (Å²) in [4.78, 5) is 26.7. The van der Waals surface area contributed by atoms with Gasteiger partial charge < -0.3 is 15.5 Å². The number of amides is 3. The summed E-state index contributed by atoms with van der Waals surface area (Å²) in [5.74, 6) is -0.159. The van der Waals surface area contributed by atoms with Gasteiger partial charge in [-0.3, -0.25) is 9.69 Å². The fourth-order valence-electron chi connectivity index (χ4n) is 1.78. The molecule has 0 bridgehead atoms. The molecule has 2 N–H and O–H groups in total. The first-order valence-electron chi connectivity index (χ1n) is 5.29. The number of hydrogen-bond acceptors (Lipinski definition) is 4. The Morgan fingerprint density at radius 3 is 2.62 bits per heavy atom. The molecule has 6 heteroatoms. The number of nitrogens with zero attached hydrogens (tertiary/aromatic N) is 2. The Morgan fingerprint density at radius 2 is 2.12 bits per heavy atom. The van der Waals surface area contributed by atoms with Crippen LogP contribution in [0.15, 0.2) is 12.4 Å². The predicted octanol–water partition coefficient (Wildman–Crippen LogP) is -0.349. The number of urea groups is 1. The highest BCUT2D eigenvalue weighted by atomic mass is 16.2. The van der Waals surface area contributed by atoms with Gasteiger partial charge in [-0.2, -0.15) is 0 Å². The lowest BCUT2D eigenvalue weighted by atomic mass is 10.1. The van der Waals surface area contributed by atoms with Crippen LogP contribution in [-0.4, -0.2) is 47.0 Å². The molecule has 0 spiro atoms. The fourth-order valence-corrected chi connectivity index (χ4v) is 1.78. The zero-order valence-electron chi connectivity index (χ0n) is 9.49. The molecule has 16 heavy (non-hydrogen) atoms. The largest absolute Gasteiger partial charge is 0.373 e. The molecule has 0 atom stereocenters. The van der Waals surface area contributed by atoms with Gasteiger partial charge in [-0.1, -0.05) is 0 Å². The molecule has 2 aliphatic heterocycles. The van der Waals surface area contributed by atoms with Crippen LogP contribution in [-0.2, 0) is 4.79 Å². The second kappa shape index (κ2) is 3.70. The van der Waals surface area contributed by atoms with E-state index in [4.69, 9.17) is 0 Å². The van der Waals surface area contributed by atoms with Crippen LogP contribution in [0.4, 0.5) is 4.79 Å². The van der Waals surface area contributed by atoms with Crippen molar-refractivity contribution in [1.82, 2.24) is 20.4 Å². The minimum atomic E-state index is -0.768. The highest BCUT2D eigenvalue weighted by molar-refractivity contribution is 6.06. The Kier molecular flexibility index (Phi) is 2.49. The van der Waals surface area contributed by atoms with E-state index in [-0.39, 0.29) is 11.9 Å². The summed E-state index contributed by atoms with van der Waals surface area (Å²) >= 11 is 0. The van der Waals surface area contributed by atoms with Gasteiger partial charge in [0.05, 0.1) is 6.67 Å². The summed E-state index contributed by atoms with van der Waals surface area (Å²) < 4.78 is 0. The lowest BCUT2D eigenvalue weighted by molar-refractivity contribution is -0.130. The second-order valence-electron chi connectivity index (χ2n) is 4.50. The number of carbonyl (C=O) groups is 2. The van der Waals surface area contributed by atoms with Crippen LogP contribution in [0.1, 0.15) is 13.8 Å². The Morgan fingerprint density at radius 1 is 1.38 bits per heavy atom. The van der Waals surface area contributed by atoms with Crippen LogP contribution in [0, 0.1) is 0 Å². The smallest absolute Gasteiger partial charge is 0.325 e. The monoisotopic (exact) mass is 224 g/mol. The Balaban J connectivity index is 1.92. The molecular weight excluding hydrogens is 208 g/mol. The van der Waals surface area contributed by atoms with Crippen molar-refractivity contribution in [1.29, 1.82) is 0 Å². The van der Waals surface area contributed by atoms with E-state index in [0.29, 0.717) is 13.1 Å². The highest BCUT2D eigenvalue weighted by Crippen LogP contribution is 2.16. The summed E-state index contributed by atoms with van der Waals surface area (Å²) in [6.07, 6.45) is 3.75. The van der Waals surface area contributed by atoms with Gasteiger partial charge in [0.2, 0.25) is 0 Å². The van der Waals surface area contributed by atoms with Crippen molar-refractivity contribution in [3.05, 3.63) is 12.4 Å². The SMILES string of the molecule is CC1(C)NC(=O)N(CCN2C=CNC2)C1=O. The van der Waals surface area contributed by atoms with E-state index in [1.807, 2.05) is 17.3 Å². The van der Waals surface area contributed by atoms with E-state index >= 15 is 0 Å². The first kappa shape index (κ1) is 10.8. The van der Waals surface area contributed by atoms with Gasteiger partial charge in [-0.25, -0.2) is 4.79 Å². The summed E-state index contributed by atoms with van der Waals surface area (Å²) in [6, 6.07) is -0.300. The van der Waals surface area contributed by atoms with Gasteiger partial charge in [0.25, 0.3) is 5.91 Å². The molecule has 88 valence electrons. The molecule has 2 rings (SSSR count). The van der Waals surface area contributed by atoms with Crippen LogP contribution >= 0.6 is 0 Å². The maximum Gasteiger partial charge on any atom is 0.325 e. The number of rotatable bonds is 3. The van der Waals surface area contributed by atoms with Crippen LogP contribution < -0.4 is 10.6 Å². The highest BCUT2D eigenvalue weighted by Gasteiger charge is 2.43. The summed E-state index contributed by atoms with van der Waals surface area (Å²) in [5, 5.41) is 5.68. The van der Waals surface area contributed by atoms with Crippen molar-refractivity contribution in [3.63, 3.8) is 0 Å². The molecule has 3 amide bonds. The zero-order chi connectivity index (χ0) is 11.8. The maximum atomic E-state index is 11.8. The summed E-state index contributed by atoms with van der Waals surface area (Å²) in [7, 11) is 0. The third-order valence-corrected chi connectivity index (χ3v) is 2.75. The van der Waals surface area contributed by atoms with E-state index in [1.165, 1.54) is 4.90 Å². The van der Waals surface area contributed by atoms with E-state index in [2.05, 4.69) is 10.6 Å². The average Bonchev–Trinajstić information content (AvgIpc) is 2.74. The van der Waals surface area contributed by atoms with Crippen molar-refractivity contribution < 1.29 is 9.59 Å². The van der Waals surface area contributed by atoms with Gasteiger partial charge >= 0.3 is 6.03 Å². The van der Waals surface area contributed by atoms with E-state index < -0.39 is 5.54 Å². The van der Waals surface area contributed by atoms with Gasteiger partial charge in [0.15, 0.2) is 0 Å². The Labute approximate surface area is 94.3 Å². The van der Waals surface area contributed by atoms with Crippen molar-refractivity contribution in [2.45, 2.75) is 19.4 Å². The lowest BCUT2D eigenvalue weighted by Crippen LogP contribution is -2.41. The van der Waals surface area contributed by atoms with E-state index in [1.54, 1.807) is 13.8 Å². The van der Waals surface area contributed by atoms with Crippen molar-refractivity contribution in [2.24, 2.45) is 0 Å². The van der Waals surface area contributed by atoms with Crippen LogP contribution in [0.25, 0.3) is 0 Å². The average molecular weight is 224 g/mol. The first-order valence-corrected chi connectivity index (χ1v) is 5.29. The van der Waals surface area contributed by atoms with Crippen molar-refractivity contribution >= 4 is 11.9 Å². The van der Waals surface area contributed by atoms with Crippen molar-refractivity contribution in [3.8, 4) is 0 Å². The van der Waals surface area contributed by atoms with Crippen LogP contribution in [0.5, 0.6) is 0 Å². The fraction of sp³-hybridized carbons (Fsp3) is 0.600. The third kappa shape index (κ3) is 1.82. The second-order valence-corrected chi connectivity index (χ2v) is 4.50. The number of nitrogens with one attached hydrogen (secondary N) is 2. The minimum Gasteiger partial charge on any atom is -0.373 e. The molecule has 0 aromatic carbocycles. The standard InChI is InChI=1S/C10H16N4O2/c1-10(2)8(15)14(9(16)12-10)6-5-13-4-3-11-7-13/h3-4,11H,5-7H2,1-2H3,(H,12,16). The normalized spacial score (nSPS) is 22.6. The molecule has 1 saturated heterocycles. The van der Waals surface area contributed by atoms with Crippen LogP contribution in [0.2, 0.25) is 0 Å². The number of hydrogen-bond donors (Lipinski definition) is 2. The quantitative estimate of drug-likeness (QED) is 0.643. The molecule has 1 fully saturated rings. The summed E-state index contributed by atoms with van der Waals surface area (Å²) in [6.45, 7) is 5.22.